The second-order valence-electron chi connectivity index (χ2n) is 7.96. The fraction of sp³-hybridized carbons (Fsp3) is 0.435. The van der Waals surface area contributed by atoms with Crippen LogP contribution in [0.3, 0.4) is 0 Å². The molecular formula is C23H30O3. The van der Waals surface area contributed by atoms with Crippen LogP contribution >= 0.6 is 0 Å². The zero-order chi connectivity index (χ0) is 19.3. The number of rotatable bonds is 6. The van der Waals surface area contributed by atoms with Crippen LogP contribution in [0, 0.1) is 0 Å². The van der Waals surface area contributed by atoms with Gasteiger partial charge < -0.3 is 9.84 Å². The molecule has 0 radical (unpaired) electrons. The molecule has 0 amide bonds. The van der Waals surface area contributed by atoms with Crippen LogP contribution in [0.2, 0.25) is 0 Å². The molecule has 140 valence electrons. The molecule has 2 aromatic carbocycles. The fourth-order valence-electron chi connectivity index (χ4n) is 3.13. The summed E-state index contributed by atoms with van der Waals surface area (Å²) < 4.78 is 5.41. The maximum absolute atomic E-state index is 12.1. The predicted molar refractivity (Wildman–Crippen MR) is 106 cm³/mol. The summed E-state index contributed by atoms with van der Waals surface area (Å²) in [6.07, 6.45) is 2.07. The van der Waals surface area contributed by atoms with Crippen molar-refractivity contribution in [1.82, 2.24) is 0 Å². The number of carbonyl (C=O) groups is 1. The van der Waals surface area contributed by atoms with Gasteiger partial charge in [0.2, 0.25) is 0 Å². The third-order valence-electron chi connectivity index (χ3n) is 4.61. The lowest BCUT2D eigenvalue weighted by Crippen LogP contribution is -2.23. The van der Waals surface area contributed by atoms with Crippen molar-refractivity contribution in [3.8, 4) is 5.75 Å². The molecule has 2 aromatic rings. The first-order valence-corrected chi connectivity index (χ1v) is 9.32. The zero-order valence-corrected chi connectivity index (χ0v) is 16.5. The van der Waals surface area contributed by atoms with E-state index in [-0.39, 0.29) is 5.97 Å². The van der Waals surface area contributed by atoms with Crippen LogP contribution in [0.15, 0.2) is 48.5 Å². The largest absolute Gasteiger partial charge is 0.508 e. The summed E-state index contributed by atoms with van der Waals surface area (Å²) in [7, 11) is 0. The van der Waals surface area contributed by atoms with E-state index in [1.807, 2.05) is 57.2 Å². The SMILES string of the molecule is CCC(CC(C)c1ccc(C(=O)OC(C)(C)C)cc1)c1ccc(O)cc1. The molecule has 1 N–H and O–H groups in total. The molecule has 2 rings (SSSR count). The van der Waals surface area contributed by atoms with Gasteiger partial charge in [-0.2, -0.15) is 0 Å². The van der Waals surface area contributed by atoms with Gasteiger partial charge in [-0.1, -0.05) is 38.1 Å². The lowest BCUT2D eigenvalue weighted by Gasteiger charge is -2.21. The number of phenols is 1. The van der Waals surface area contributed by atoms with Gasteiger partial charge in [-0.3, -0.25) is 0 Å². The third-order valence-corrected chi connectivity index (χ3v) is 4.61. The quantitative estimate of drug-likeness (QED) is 0.644. The average Bonchev–Trinajstić information content (AvgIpc) is 2.59. The second-order valence-corrected chi connectivity index (χ2v) is 7.96. The minimum Gasteiger partial charge on any atom is -0.508 e. The van der Waals surface area contributed by atoms with Crippen molar-refractivity contribution < 1.29 is 14.6 Å². The molecule has 0 bridgehead atoms. The maximum Gasteiger partial charge on any atom is 0.338 e. The topological polar surface area (TPSA) is 46.5 Å². The van der Waals surface area contributed by atoms with E-state index in [2.05, 4.69) is 13.8 Å². The Morgan fingerprint density at radius 3 is 2.04 bits per heavy atom. The molecule has 0 heterocycles. The Kier molecular flexibility index (Phi) is 6.47. The molecule has 2 unspecified atom stereocenters. The first kappa shape index (κ1) is 20.0. The van der Waals surface area contributed by atoms with E-state index in [1.165, 1.54) is 11.1 Å². The van der Waals surface area contributed by atoms with E-state index in [9.17, 15) is 9.90 Å². The van der Waals surface area contributed by atoms with E-state index in [1.54, 1.807) is 12.1 Å². The van der Waals surface area contributed by atoms with Gasteiger partial charge in [0.1, 0.15) is 11.4 Å². The van der Waals surface area contributed by atoms with Crippen LogP contribution in [-0.2, 0) is 4.74 Å². The molecule has 0 saturated heterocycles. The van der Waals surface area contributed by atoms with Gasteiger partial charge in [-0.25, -0.2) is 4.79 Å². The smallest absolute Gasteiger partial charge is 0.338 e. The monoisotopic (exact) mass is 354 g/mol. The summed E-state index contributed by atoms with van der Waals surface area (Å²) in [6, 6.07) is 15.2. The van der Waals surface area contributed by atoms with Crippen LogP contribution in [0.1, 0.15) is 80.8 Å². The summed E-state index contributed by atoms with van der Waals surface area (Å²) in [4.78, 5) is 12.1. The van der Waals surface area contributed by atoms with Crippen molar-refractivity contribution >= 4 is 5.97 Å². The zero-order valence-electron chi connectivity index (χ0n) is 16.5. The van der Waals surface area contributed by atoms with Crippen LogP contribution in [-0.4, -0.2) is 16.7 Å². The Hall–Kier alpha value is -2.29. The number of aromatic hydroxyl groups is 1. The van der Waals surface area contributed by atoms with E-state index in [4.69, 9.17) is 4.74 Å². The van der Waals surface area contributed by atoms with Crippen molar-refractivity contribution in [1.29, 1.82) is 0 Å². The minimum atomic E-state index is -0.485. The van der Waals surface area contributed by atoms with Gasteiger partial charge in [0, 0.05) is 0 Å². The lowest BCUT2D eigenvalue weighted by atomic mass is 9.84. The molecule has 0 fully saturated rings. The fourth-order valence-corrected chi connectivity index (χ4v) is 3.13. The highest BCUT2D eigenvalue weighted by Crippen LogP contribution is 2.32. The summed E-state index contributed by atoms with van der Waals surface area (Å²) >= 11 is 0. The molecule has 0 aromatic heterocycles. The number of benzene rings is 2. The molecule has 0 spiro atoms. The third kappa shape index (κ3) is 5.62. The molecule has 0 aliphatic carbocycles. The number of esters is 1. The van der Waals surface area contributed by atoms with Crippen molar-refractivity contribution in [2.24, 2.45) is 0 Å². The van der Waals surface area contributed by atoms with Crippen molar-refractivity contribution in [2.45, 2.75) is 64.9 Å². The van der Waals surface area contributed by atoms with Gasteiger partial charge in [0.05, 0.1) is 5.56 Å². The van der Waals surface area contributed by atoms with E-state index in [0.29, 0.717) is 23.1 Å². The second kappa shape index (κ2) is 8.39. The van der Waals surface area contributed by atoms with Crippen LogP contribution in [0.5, 0.6) is 5.75 Å². The number of carbonyl (C=O) groups excluding carboxylic acids is 1. The van der Waals surface area contributed by atoms with E-state index < -0.39 is 5.60 Å². The highest BCUT2D eigenvalue weighted by molar-refractivity contribution is 5.89. The average molecular weight is 354 g/mol. The van der Waals surface area contributed by atoms with E-state index in [0.717, 1.165) is 12.8 Å². The van der Waals surface area contributed by atoms with Gasteiger partial charge in [-0.05, 0) is 80.8 Å². The van der Waals surface area contributed by atoms with Gasteiger partial charge in [-0.15, -0.1) is 0 Å². The lowest BCUT2D eigenvalue weighted by molar-refractivity contribution is 0.00695. The Morgan fingerprint density at radius 2 is 1.54 bits per heavy atom. The van der Waals surface area contributed by atoms with E-state index >= 15 is 0 Å². The van der Waals surface area contributed by atoms with Crippen LogP contribution < -0.4 is 0 Å². The highest BCUT2D eigenvalue weighted by atomic mass is 16.6. The predicted octanol–water partition coefficient (Wildman–Crippen LogP) is 6.03. The van der Waals surface area contributed by atoms with Gasteiger partial charge in [0.15, 0.2) is 0 Å². The first-order chi connectivity index (χ1) is 12.2. The number of hydrogen-bond donors (Lipinski definition) is 1. The Bertz CT molecular complexity index is 709. The molecule has 0 aliphatic rings. The van der Waals surface area contributed by atoms with Gasteiger partial charge in [0.25, 0.3) is 0 Å². The molecule has 3 heteroatoms. The Balaban J connectivity index is 2.05. The molecule has 3 nitrogen and oxygen atoms in total. The van der Waals surface area contributed by atoms with Crippen molar-refractivity contribution in [3.63, 3.8) is 0 Å². The van der Waals surface area contributed by atoms with Crippen molar-refractivity contribution in [3.05, 3.63) is 65.2 Å². The molecule has 0 aliphatic heterocycles. The minimum absolute atomic E-state index is 0.285. The summed E-state index contributed by atoms with van der Waals surface area (Å²) in [5.41, 5.74) is 2.57. The normalized spacial score (nSPS) is 13.9. The maximum atomic E-state index is 12.1. The molecule has 26 heavy (non-hydrogen) atoms. The molecular weight excluding hydrogens is 324 g/mol. The Labute approximate surface area is 157 Å². The highest BCUT2D eigenvalue weighted by Gasteiger charge is 2.19. The summed E-state index contributed by atoms with van der Waals surface area (Å²) in [6.45, 7) is 10.0. The Morgan fingerprint density at radius 1 is 1.00 bits per heavy atom. The van der Waals surface area contributed by atoms with Gasteiger partial charge >= 0.3 is 5.97 Å². The first-order valence-electron chi connectivity index (χ1n) is 9.32. The molecule has 0 saturated carbocycles. The number of ether oxygens (including phenoxy) is 1. The standard InChI is InChI=1S/C23H30O3/c1-6-17(19-11-13-21(24)14-12-19)15-16(2)18-7-9-20(10-8-18)22(25)26-23(3,4)5/h7-14,16-17,24H,6,15H2,1-5H3. The molecule has 2 atom stereocenters. The van der Waals surface area contributed by atoms with Crippen LogP contribution in [0.25, 0.3) is 0 Å². The number of hydrogen-bond acceptors (Lipinski definition) is 3. The summed E-state index contributed by atoms with van der Waals surface area (Å²) in [5, 5.41) is 9.47. The number of phenolic OH excluding ortho intramolecular Hbond substituents is 1. The van der Waals surface area contributed by atoms with Crippen LogP contribution in [0.4, 0.5) is 0 Å². The van der Waals surface area contributed by atoms with Crippen molar-refractivity contribution in [2.75, 3.05) is 0 Å². The summed E-state index contributed by atoms with van der Waals surface area (Å²) in [5.74, 6) is 0.833.